The summed E-state index contributed by atoms with van der Waals surface area (Å²) < 4.78 is 11.2. The van der Waals surface area contributed by atoms with E-state index in [0.29, 0.717) is 40.9 Å². The number of nitriles is 1. The number of hydrogen-bond acceptors (Lipinski definition) is 4. The molecule has 1 aromatic heterocycles. The molecule has 28 heavy (non-hydrogen) atoms. The van der Waals surface area contributed by atoms with Crippen molar-refractivity contribution in [3.63, 3.8) is 0 Å². The van der Waals surface area contributed by atoms with Gasteiger partial charge in [0, 0.05) is 27.7 Å². The molecular weight excluding hydrogens is 376 g/mol. The first-order valence-corrected chi connectivity index (χ1v) is 9.28. The number of Topliss-reactive ketones (excluding diaryl/α,β-unsaturated/α-hetero) is 1. The summed E-state index contributed by atoms with van der Waals surface area (Å²) in [7, 11) is 0. The molecule has 0 fully saturated rings. The summed E-state index contributed by atoms with van der Waals surface area (Å²) in [6.45, 7) is 4.77. The van der Waals surface area contributed by atoms with Crippen LogP contribution in [0.3, 0.4) is 0 Å². The number of hydrogen-bond donors (Lipinski definition) is 1. The third kappa shape index (κ3) is 4.03. The molecule has 0 amide bonds. The van der Waals surface area contributed by atoms with Crippen molar-refractivity contribution < 1.29 is 14.3 Å². The number of ether oxygens (including phenoxy) is 2. The zero-order valence-corrected chi connectivity index (χ0v) is 16.3. The Hall–Kier alpha value is -3.23. The second-order valence-corrected chi connectivity index (χ2v) is 6.40. The number of fused-ring (bicyclic) bond motifs is 1. The molecule has 1 N–H and O–H groups in total. The van der Waals surface area contributed by atoms with Gasteiger partial charge in [0.1, 0.15) is 11.6 Å². The number of rotatable bonds is 7. The SMILES string of the molecule is CCOc1ccc(/C=C(\C#N)C(=O)c2c[nH]c3cc(Cl)ccc23)cc1OCC. The minimum Gasteiger partial charge on any atom is -0.490 e. The Labute approximate surface area is 168 Å². The number of nitrogens with one attached hydrogen (secondary N) is 1. The fraction of sp³-hybridized carbons (Fsp3) is 0.182. The van der Waals surface area contributed by atoms with Crippen LogP contribution in [0.15, 0.2) is 48.2 Å². The molecule has 3 rings (SSSR count). The fourth-order valence-corrected chi connectivity index (χ4v) is 3.08. The number of allylic oxidation sites excluding steroid dienone is 1. The molecule has 0 saturated heterocycles. The van der Waals surface area contributed by atoms with Crippen LogP contribution in [0.4, 0.5) is 0 Å². The molecule has 0 atom stereocenters. The molecule has 0 saturated carbocycles. The van der Waals surface area contributed by atoms with E-state index in [2.05, 4.69) is 4.98 Å². The summed E-state index contributed by atoms with van der Waals surface area (Å²) >= 11 is 5.99. The van der Waals surface area contributed by atoms with Gasteiger partial charge in [-0.15, -0.1) is 0 Å². The quantitative estimate of drug-likeness (QED) is 0.330. The van der Waals surface area contributed by atoms with Gasteiger partial charge in [-0.1, -0.05) is 23.7 Å². The minimum atomic E-state index is -0.358. The standard InChI is InChI=1S/C22H19ClN2O3/c1-3-27-20-8-5-14(10-21(20)28-4-2)9-15(12-24)22(26)18-13-25-19-11-16(23)6-7-17(18)19/h5-11,13,25H,3-4H2,1-2H3/b15-9+. The van der Waals surface area contributed by atoms with E-state index in [1.165, 1.54) is 0 Å². The summed E-state index contributed by atoms with van der Waals surface area (Å²) in [5.74, 6) is 0.840. The van der Waals surface area contributed by atoms with E-state index in [0.717, 1.165) is 10.9 Å². The maximum Gasteiger partial charge on any atom is 0.205 e. The van der Waals surface area contributed by atoms with Crippen molar-refractivity contribution in [1.29, 1.82) is 5.26 Å². The third-order valence-corrected chi connectivity index (χ3v) is 4.37. The fourth-order valence-electron chi connectivity index (χ4n) is 2.90. The van der Waals surface area contributed by atoms with E-state index in [-0.39, 0.29) is 11.4 Å². The van der Waals surface area contributed by atoms with Crippen LogP contribution in [0.1, 0.15) is 29.8 Å². The molecule has 0 aliphatic rings. The summed E-state index contributed by atoms with van der Waals surface area (Å²) in [4.78, 5) is 15.9. The normalized spacial score (nSPS) is 11.3. The Morgan fingerprint density at radius 2 is 1.89 bits per heavy atom. The highest BCUT2D eigenvalue weighted by atomic mass is 35.5. The number of carbonyl (C=O) groups excluding carboxylic acids is 1. The number of benzene rings is 2. The highest BCUT2D eigenvalue weighted by Crippen LogP contribution is 2.30. The van der Waals surface area contributed by atoms with Gasteiger partial charge in [-0.25, -0.2) is 0 Å². The summed E-state index contributed by atoms with van der Waals surface area (Å²) in [5.41, 5.74) is 1.88. The molecule has 5 nitrogen and oxygen atoms in total. The van der Waals surface area contributed by atoms with Gasteiger partial charge in [-0.05, 0) is 49.8 Å². The number of ketones is 1. The van der Waals surface area contributed by atoms with Gasteiger partial charge < -0.3 is 14.5 Å². The zero-order chi connectivity index (χ0) is 20.1. The Morgan fingerprint density at radius 1 is 1.14 bits per heavy atom. The van der Waals surface area contributed by atoms with Gasteiger partial charge in [0.25, 0.3) is 0 Å². The van der Waals surface area contributed by atoms with E-state index >= 15 is 0 Å². The lowest BCUT2D eigenvalue weighted by atomic mass is 10.0. The molecule has 6 heteroatoms. The van der Waals surface area contributed by atoms with Gasteiger partial charge in [0.15, 0.2) is 11.5 Å². The van der Waals surface area contributed by atoms with Crippen LogP contribution < -0.4 is 9.47 Å². The second kappa shape index (κ2) is 8.64. The van der Waals surface area contributed by atoms with Gasteiger partial charge in [0.05, 0.1) is 13.2 Å². The summed E-state index contributed by atoms with van der Waals surface area (Å²) in [5, 5.41) is 10.8. The maximum atomic E-state index is 12.9. The Bertz CT molecular complexity index is 1090. The van der Waals surface area contributed by atoms with Crippen LogP contribution in [-0.2, 0) is 0 Å². The number of halogens is 1. The Balaban J connectivity index is 1.98. The number of nitrogens with zero attached hydrogens (tertiary/aromatic N) is 1. The number of H-pyrrole nitrogens is 1. The van der Waals surface area contributed by atoms with Gasteiger partial charge in [-0.3, -0.25) is 4.79 Å². The molecule has 1 heterocycles. The largest absolute Gasteiger partial charge is 0.490 e. The van der Waals surface area contributed by atoms with Crippen LogP contribution in [0.5, 0.6) is 11.5 Å². The second-order valence-electron chi connectivity index (χ2n) is 5.96. The van der Waals surface area contributed by atoms with Crippen LogP contribution in [0.25, 0.3) is 17.0 Å². The maximum absolute atomic E-state index is 12.9. The zero-order valence-electron chi connectivity index (χ0n) is 15.6. The van der Waals surface area contributed by atoms with E-state index in [1.54, 1.807) is 48.7 Å². The molecular formula is C22H19ClN2O3. The molecule has 0 aliphatic heterocycles. The van der Waals surface area contributed by atoms with E-state index in [1.807, 2.05) is 19.9 Å². The smallest absolute Gasteiger partial charge is 0.205 e. The summed E-state index contributed by atoms with van der Waals surface area (Å²) in [6, 6.07) is 12.5. The number of aromatic amines is 1. The third-order valence-electron chi connectivity index (χ3n) is 4.13. The van der Waals surface area contributed by atoms with Crippen molar-refractivity contribution in [3.8, 4) is 17.6 Å². The van der Waals surface area contributed by atoms with Crippen LogP contribution >= 0.6 is 11.6 Å². The van der Waals surface area contributed by atoms with Crippen molar-refractivity contribution in [1.82, 2.24) is 4.98 Å². The number of aromatic nitrogens is 1. The van der Waals surface area contributed by atoms with Crippen LogP contribution in [0.2, 0.25) is 5.02 Å². The molecule has 0 aliphatic carbocycles. The average Bonchev–Trinajstić information content (AvgIpc) is 3.10. The van der Waals surface area contributed by atoms with E-state index < -0.39 is 0 Å². The van der Waals surface area contributed by atoms with Crippen molar-refractivity contribution in [2.24, 2.45) is 0 Å². The molecule has 0 radical (unpaired) electrons. The Morgan fingerprint density at radius 3 is 2.61 bits per heavy atom. The minimum absolute atomic E-state index is 0.0301. The first-order chi connectivity index (χ1) is 13.6. The number of carbonyl (C=O) groups is 1. The van der Waals surface area contributed by atoms with Crippen LogP contribution in [-0.4, -0.2) is 24.0 Å². The topological polar surface area (TPSA) is 75.1 Å². The van der Waals surface area contributed by atoms with Gasteiger partial charge in [-0.2, -0.15) is 5.26 Å². The van der Waals surface area contributed by atoms with Crippen molar-refractivity contribution in [2.45, 2.75) is 13.8 Å². The molecule has 0 spiro atoms. The first kappa shape index (κ1) is 19.5. The lowest BCUT2D eigenvalue weighted by Crippen LogP contribution is -2.01. The predicted octanol–water partition coefficient (Wildman–Crippen LogP) is 5.41. The average molecular weight is 395 g/mol. The van der Waals surface area contributed by atoms with Gasteiger partial charge in [0.2, 0.25) is 5.78 Å². The molecule has 3 aromatic rings. The van der Waals surface area contributed by atoms with Crippen molar-refractivity contribution >= 4 is 34.4 Å². The molecule has 142 valence electrons. The van der Waals surface area contributed by atoms with Crippen molar-refractivity contribution in [2.75, 3.05) is 13.2 Å². The Kier molecular flexibility index (Phi) is 6.03. The predicted molar refractivity (Wildman–Crippen MR) is 110 cm³/mol. The van der Waals surface area contributed by atoms with Gasteiger partial charge >= 0.3 is 0 Å². The summed E-state index contributed by atoms with van der Waals surface area (Å²) in [6.07, 6.45) is 3.15. The molecule has 2 aromatic carbocycles. The first-order valence-electron chi connectivity index (χ1n) is 8.90. The molecule has 0 unspecified atom stereocenters. The molecule has 0 bridgehead atoms. The lowest BCUT2D eigenvalue weighted by Gasteiger charge is -2.11. The van der Waals surface area contributed by atoms with Crippen molar-refractivity contribution in [3.05, 3.63) is 64.3 Å². The van der Waals surface area contributed by atoms with E-state index in [4.69, 9.17) is 21.1 Å². The highest BCUT2D eigenvalue weighted by Gasteiger charge is 2.17. The van der Waals surface area contributed by atoms with E-state index in [9.17, 15) is 10.1 Å². The van der Waals surface area contributed by atoms with Crippen LogP contribution in [0, 0.1) is 11.3 Å². The highest BCUT2D eigenvalue weighted by molar-refractivity contribution is 6.31. The lowest BCUT2D eigenvalue weighted by molar-refractivity contribution is 0.104. The monoisotopic (exact) mass is 394 g/mol.